The van der Waals surface area contributed by atoms with Crippen molar-refractivity contribution in [2.45, 2.75) is 38.1 Å². The minimum atomic E-state index is -1.08. The second-order valence-electron chi connectivity index (χ2n) is 9.25. The summed E-state index contributed by atoms with van der Waals surface area (Å²) in [6.07, 6.45) is 1.84. The van der Waals surface area contributed by atoms with Crippen LogP contribution in [0.3, 0.4) is 0 Å². The Kier molecular flexibility index (Phi) is 5.50. The molecular formula is C27H31N3O4. The minimum absolute atomic E-state index is 0.0237. The Balaban J connectivity index is 1.75. The maximum Gasteiger partial charge on any atom is 0.254 e. The number of unbranched alkanes of at least 4 members (excludes halogenated alkanes) is 1. The number of H-pyrrole nitrogens is 1. The standard InChI is InChI=1S/C27H31N3O4/c1-5-6-14-29-16-22(31)30-15-19(17-11-9-13-21(33-3)24(17)34-4)23-18-10-7-8-12-20(18)28-25(23)27(30,2)26(29)32/h7-13,19,28H,5-6,14-16H2,1-4H3/t19?,27-/m0/s1. The molecule has 2 aliphatic heterocycles. The number of methoxy groups -OCH3 is 2. The molecule has 5 rings (SSSR count). The Hall–Kier alpha value is -3.48. The van der Waals surface area contributed by atoms with Gasteiger partial charge in [0.15, 0.2) is 17.0 Å². The number of aromatic amines is 1. The summed E-state index contributed by atoms with van der Waals surface area (Å²) in [5, 5.41) is 1.05. The highest BCUT2D eigenvalue weighted by molar-refractivity contribution is 6.01. The number of ether oxygens (including phenoxy) is 2. The van der Waals surface area contributed by atoms with Crippen molar-refractivity contribution in [1.29, 1.82) is 0 Å². The molecule has 2 amide bonds. The lowest BCUT2D eigenvalue weighted by Crippen LogP contribution is -2.67. The number of hydrogen-bond donors (Lipinski definition) is 1. The van der Waals surface area contributed by atoms with Gasteiger partial charge in [0.1, 0.15) is 0 Å². The van der Waals surface area contributed by atoms with E-state index in [9.17, 15) is 9.59 Å². The predicted octanol–water partition coefficient (Wildman–Crippen LogP) is 4.02. The van der Waals surface area contributed by atoms with Gasteiger partial charge in [-0.1, -0.05) is 43.7 Å². The summed E-state index contributed by atoms with van der Waals surface area (Å²) in [5.41, 5.74) is 2.63. The van der Waals surface area contributed by atoms with E-state index >= 15 is 0 Å². The first-order chi connectivity index (χ1) is 16.4. The first-order valence-electron chi connectivity index (χ1n) is 11.9. The zero-order valence-corrected chi connectivity index (χ0v) is 20.2. The van der Waals surface area contributed by atoms with E-state index in [0.717, 1.165) is 40.6 Å². The van der Waals surface area contributed by atoms with E-state index in [0.29, 0.717) is 24.6 Å². The number of benzene rings is 2. The third-order valence-corrected chi connectivity index (χ3v) is 7.41. The first-order valence-corrected chi connectivity index (χ1v) is 11.9. The van der Waals surface area contributed by atoms with Gasteiger partial charge in [-0.2, -0.15) is 0 Å². The number of para-hydroxylation sites is 2. The molecule has 1 fully saturated rings. The molecule has 0 radical (unpaired) electrons. The Bertz CT molecular complexity index is 1270. The van der Waals surface area contributed by atoms with Crippen LogP contribution in [0.2, 0.25) is 0 Å². The highest BCUT2D eigenvalue weighted by Crippen LogP contribution is 2.50. The van der Waals surface area contributed by atoms with Gasteiger partial charge in [-0.15, -0.1) is 0 Å². The topological polar surface area (TPSA) is 74.9 Å². The van der Waals surface area contributed by atoms with Crippen LogP contribution in [0.15, 0.2) is 42.5 Å². The van der Waals surface area contributed by atoms with Crippen LogP contribution in [0.1, 0.15) is 49.4 Å². The predicted molar refractivity (Wildman–Crippen MR) is 130 cm³/mol. The van der Waals surface area contributed by atoms with Crippen molar-refractivity contribution in [3.05, 3.63) is 59.3 Å². The normalized spacial score (nSPS) is 22.1. The van der Waals surface area contributed by atoms with Gasteiger partial charge in [0.25, 0.3) is 5.91 Å². The highest BCUT2D eigenvalue weighted by Gasteiger charge is 2.56. The van der Waals surface area contributed by atoms with Gasteiger partial charge in [-0.3, -0.25) is 9.59 Å². The minimum Gasteiger partial charge on any atom is -0.493 e. The molecular weight excluding hydrogens is 430 g/mol. The molecule has 0 spiro atoms. The van der Waals surface area contributed by atoms with Crippen LogP contribution in [0.4, 0.5) is 0 Å². The molecule has 1 aromatic heterocycles. The number of rotatable bonds is 6. The van der Waals surface area contributed by atoms with Crippen LogP contribution in [-0.4, -0.2) is 60.5 Å². The lowest BCUT2D eigenvalue weighted by molar-refractivity contribution is -0.166. The Labute approximate surface area is 199 Å². The largest absolute Gasteiger partial charge is 0.493 e. The van der Waals surface area contributed by atoms with Crippen molar-refractivity contribution in [3.8, 4) is 11.5 Å². The number of amides is 2. The smallest absolute Gasteiger partial charge is 0.254 e. The number of hydrogen-bond acceptors (Lipinski definition) is 4. The Morgan fingerprint density at radius 3 is 2.62 bits per heavy atom. The van der Waals surface area contributed by atoms with Crippen LogP contribution in [0, 0.1) is 0 Å². The third-order valence-electron chi connectivity index (χ3n) is 7.41. The van der Waals surface area contributed by atoms with E-state index in [1.807, 2.05) is 43.3 Å². The van der Waals surface area contributed by atoms with Gasteiger partial charge in [-0.05, 0) is 31.0 Å². The number of nitrogens with zero attached hydrogens (tertiary/aromatic N) is 2. The summed E-state index contributed by atoms with van der Waals surface area (Å²) in [6, 6.07) is 13.9. The third kappa shape index (κ3) is 3.10. The van der Waals surface area contributed by atoms with Gasteiger partial charge >= 0.3 is 0 Å². The first kappa shape index (κ1) is 22.3. The molecule has 1 saturated heterocycles. The van der Waals surface area contributed by atoms with Gasteiger partial charge in [0, 0.05) is 35.5 Å². The summed E-state index contributed by atoms with van der Waals surface area (Å²) in [5.74, 6) is 1.05. The summed E-state index contributed by atoms with van der Waals surface area (Å²) in [7, 11) is 3.25. The van der Waals surface area contributed by atoms with E-state index in [4.69, 9.17) is 9.47 Å². The second kappa shape index (κ2) is 8.38. The monoisotopic (exact) mass is 461 g/mol. The van der Waals surface area contributed by atoms with Crippen molar-refractivity contribution in [2.24, 2.45) is 0 Å². The molecule has 7 heteroatoms. The molecule has 178 valence electrons. The fourth-order valence-corrected chi connectivity index (χ4v) is 5.67. The van der Waals surface area contributed by atoms with Gasteiger partial charge in [0.05, 0.1) is 26.5 Å². The molecule has 0 saturated carbocycles. The molecule has 2 aliphatic rings. The van der Waals surface area contributed by atoms with Crippen molar-refractivity contribution in [3.63, 3.8) is 0 Å². The molecule has 2 atom stereocenters. The number of fused-ring (bicyclic) bond motifs is 5. The molecule has 7 nitrogen and oxygen atoms in total. The number of carbonyl (C=O) groups is 2. The van der Waals surface area contributed by atoms with E-state index in [1.54, 1.807) is 24.0 Å². The maximum absolute atomic E-state index is 13.9. The van der Waals surface area contributed by atoms with Gasteiger partial charge < -0.3 is 24.3 Å². The lowest BCUT2D eigenvalue weighted by Gasteiger charge is -2.51. The molecule has 0 aliphatic carbocycles. The van der Waals surface area contributed by atoms with Crippen LogP contribution in [0.5, 0.6) is 11.5 Å². The second-order valence-corrected chi connectivity index (χ2v) is 9.25. The van der Waals surface area contributed by atoms with E-state index in [2.05, 4.69) is 18.0 Å². The van der Waals surface area contributed by atoms with E-state index in [1.165, 1.54) is 0 Å². The molecule has 34 heavy (non-hydrogen) atoms. The Morgan fingerprint density at radius 1 is 1.09 bits per heavy atom. The van der Waals surface area contributed by atoms with Crippen molar-refractivity contribution in [2.75, 3.05) is 33.9 Å². The zero-order chi connectivity index (χ0) is 24.0. The zero-order valence-electron chi connectivity index (χ0n) is 20.2. The van der Waals surface area contributed by atoms with Crippen LogP contribution in [-0.2, 0) is 15.1 Å². The van der Waals surface area contributed by atoms with Crippen molar-refractivity contribution in [1.82, 2.24) is 14.8 Å². The van der Waals surface area contributed by atoms with Crippen LogP contribution < -0.4 is 9.47 Å². The summed E-state index contributed by atoms with van der Waals surface area (Å²) < 4.78 is 11.3. The Morgan fingerprint density at radius 2 is 1.88 bits per heavy atom. The van der Waals surface area contributed by atoms with Gasteiger partial charge in [0.2, 0.25) is 5.91 Å². The SMILES string of the molecule is CCCCN1CC(=O)N2CC(c3cccc(OC)c3OC)c3c([nH]c4ccccc34)[C@@]2(C)C1=O. The fourth-order valence-electron chi connectivity index (χ4n) is 5.67. The average molecular weight is 462 g/mol. The molecule has 3 heterocycles. The lowest BCUT2D eigenvalue weighted by atomic mass is 9.76. The highest BCUT2D eigenvalue weighted by atomic mass is 16.5. The summed E-state index contributed by atoms with van der Waals surface area (Å²) in [6.45, 7) is 5.07. The van der Waals surface area contributed by atoms with E-state index < -0.39 is 5.54 Å². The van der Waals surface area contributed by atoms with Crippen LogP contribution in [0.25, 0.3) is 10.9 Å². The van der Waals surface area contributed by atoms with Gasteiger partial charge in [-0.25, -0.2) is 0 Å². The van der Waals surface area contributed by atoms with Crippen LogP contribution >= 0.6 is 0 Å². The molecule has 3 aromatic rings. The number of piperazine rings is 1. The average Bonchev–Trinajstić information content (AvgIpc) is 3.26. The fraction of sp³-hybridized carbons (Fsp3) is 0.407. The molecule has 1 N–H and O–H groups in total. The number of carbonyl (C=O) groups excluding carboxylic acids is 2. The molecule has 2 aromatic carbocycles. The van der Waals surface area contributed by atoms with Crippen molar-refractivity contribution >= 4 is 22.7 Å². The number of nitrogens with one attached hydrogen (secondary N) is 1. The molecule has 0 bridgehead atoms. The number of aromatic nitrogens is 1. The van der Waals surface area contributed by atoms with E-state index in [-0.39, 0.29) is 24.3 Å². The maximum atomic E-state index is 13.9. The quantitative estimate of drug-likeness (QED) is 0.602. The summed E-state index contributed by atoms with van der Waals surface area (Å²) >= 11 is 0. The molecule has 1 unspecified atom stereocenters. The summed E-state index contributed by atoms with van der Waals surface area (Å²) in [4.78, 5) is 34.4. The van der Waals surface area contributed by atoms with Crippen molar-refractivity contribution < 1.29 is 19.1 Å².